The van der Waals surface area contributed by atoms with E-state index in [9.17, 15) is 57.9 Å². The summed E-state index contributed by atoms with van der Waals surface area (Å²) in [4.78, 5) is 86.9. The number of anilines is 1. The second-order valence-electron chi connectivity index (χ2n) is 12.4. The van der Waals surface area contributed by atoms with Crippen LogP contribution >= 0.6 is 23.5 Å². The Morgan fingerprint density at radius 1 is 1.04 bits per heavy atom. The first-order valence-corrected chi connectivity index (χ1v) is 20.0. The van der Waals surface area contributed by atoms with Gasteiger partial charge in [-0.2, -0.15) is 4.31 Å². The summed E-state index contributed by atoms with van der Waals surface area (Å²) in [6.07, 6.45) is -7.03. The fourth-order valence-corrected chi connectivity index (χ4v) is 7.44. The van der Waals surface area contributed by atoms with E-state index in [4.69, 9.17) is 24.6 Å². The van der Waals surface area contributed by atoms with Crippen LogP contribution in [0.25, 0.3) is 11.2 Å². The van der Waals surface area contributed by atoms with Crippen molar-refractivity contribution in [2.75, 3.05) is 38.6 Å². The molecule has 300 valence electrons. The highest BCUT2D eigenvalue weighted by atomic mass is 31.3. The number of nitrogens with two attached hydrogens (primary N) is 1. The maximum absolute atomic E-state index is 12.6. The van der Waals surface area contributed by atoms with Crippen LogP contribution in [0, 0.1) is 11.3 Å². The number of nitrogens with zero attached hydrogens (tertiary/aromatic N) is 4. The van der Waals surface area contributed by atoms with E-state index in [-0.39, 0.29) is 55.3 Å². The average Bonchev–Trinajstić information content (AvgIpc) is 3.62. The summed E-state index contributed by atoms with van der Waals surface area (Å²) in [6.45, 7) is 1.40. The van der Waals surface area contributed by atoms with E-state index in [0.717, 1.165) is 17.2 Å². The number of aliphatic hydroxyl groups excluding tert-OH is 3. The van der Waals surface area contributed by atoms with Crippen molar-refractivity contribution < 1.29 is 85.6 Å². The Balaban J connectivity index is 1.53. The molecule has 25 nitrogen and oxygen atoms in total. The number of imidazole rings is 1. The smallest absolute Gasteiger partial charge is 0.396 e. The molecule has 0 aliphatic carbocycles. The number of ketones is 1. The predicted molar refractivity (Wildman–Crippen MR) is 176 cm³/mol. The molecule has 2 aromatic rings. The Kier molecular flexibility index (Phi) is 15.3. The van der Waals surface area contributed by atoms with Gasteiger partial charge >= 0.3 is 23.5 Å². The summed E-state index contributed by atoms with van der Waals surface area (Å²) in [7, 11) is -16.4. The molecule has 0 saturated carbocycles. The number of ether oxygens (including phenoxy) is 1. The fraction of sp³-hybridized carbons (Fsp3) is 0.680. The van der Waals surface area contributed by atoms with Gasteiger partial charge in [0.1, 0.15) is 42.0 Å². The standard InChI is InChI=1S/C25H42N7O18P3/c1-13(8-33)14(34)4-6-27-16(35)5-7-28-23(38)20(37)25(2,3)10-47-53(44,45)50-52(42,43)46-9-15-19(49-51(39,40)41)18(36)24(48-15)32-12-31-17-21(26)29-11-30-22(17)32/h11-13,15,18-20,24,33,36-37H,4-10H2,1-3H3,(H,27,35)(H,28,38)(H,42,43)(H,44,45)(H2,26,29,30)(H2,39,40,41)/t13-,15?,18?,19?,20?,24?/m0/s1. The molecule has 3 rings (SSSR count). The minimum atomic E-state index is -5.57. The molecule has 0 radical (unpaired) electrons. The molecule has 2 amide bonds. The number of nitrogen functional groups attached to an aromatic ring is 1. The molecule has 1 aliphatic heterocycles. The van der Waals surface area contributed by atoms with Gasteiger partial charge in [-0.15, -0.1) is 0 Å². The van der Waals surface area contributed by atoms with E-state index in [1.54, 1.807) is 0 Å². The van der Waals surface area contributed by atoms with Crippen molar-refractivity contribution in [1.82, 2.24) is 30.2 Å². The van der Waals surface area contributed by atoms with Crippen LogP contribution in [0.2, 0.25) is 0 Å². The van der Waals surface area contributed by atoms with Crippen molar-refractivity contribution in [3.05, 3.63) is 12.7 Å². The van der Waals surface area contributed by atoms with Crippen molar-refractivity contribution in [1.29, 1.82) is 0 Å². The molecule has 1 fully saturated rings. The maximum atomic E-state index is 12.6. The van der Waals surface area contributed by atoms with Crippen LogP contribution in [0.15, 0.2) is 12.7 Å². The molecule has 3 heterocycles. The van der Waals surface area contributed by atoms with Crippen LogP contribution in [-0.2, 0) is 50.7 Å². The molecule has 0 spiro atoms. The lowest BCUT2D eigenvalue weighted by Gasteiger charge is -2.30. The molecule has 2 aromatic heterocycles. The van der Waals surface area contributed by atoms with Gasteiger partial charge in [-0.3, -0.25) is 32.5 Å². The topological polar surface area (TPSA) is 384 Å². The zero-order valence-corrected chi connectivity index (χ0v) is 31.1. The van der Waals surface area contributed by atoms with Crippen LogP contribution in [0.3, 0.4) is 0 Å². The van der Waals surface area contributed by atoms with Gasteiger partial charge in [0.15, 0.2) is 17.7 Å². The van der Waals surface area contributed by atoms with Gasteiger partial charge in [0.25, 0.3) is 0 Å². The third kappa shape index (κ3) is 12.9. The highest BCUT2D eigenvalue weighted by Gasteiger charge is 2.50. The summed E-state index contributed by atoms with van der Waals surface area (Å²) in [5, 5.41) is 35.1. The molecule has 53 heavy (non-hydrogen) atoms. The lowest BCUT2D eigenvalue weighted by atomic mass is 9.87. The van der Waals surface area contributed by atoms with E-state index in [2.05, 4.69) is 34.4 Å². The lowest BCUT2D eigenvalue weighted by molar-refractivity contribution is -0.137. The largest absolute Gasteiger partial charge is 0.481 e. The normalized spacial score (nSPS) is 22.8. The summed E-state index contributed by atoms with van der Waals surface area (Å²) >= 11 is 0. The Labute approximate surface area is 300 Å². The number of nitrogens with one attached hydrogen (secondary N) is 2. The van der Waals surface area contributed by atoms with E-state index >= 15 is 0 Å². The molecular formula is C25H42N7O18P3. The van der Waals surface area contributed by atoms with Crippen LogP contribution < -0.4 is 16.4 Å². The highest BCUT2D eigenvalue weighted by Crippen LogP contribution is 2.61. The van der Waals surface area contributed by atoms with Crippen molar-refractivity contribution in [3.8, 4) is 0 Å². The van der Waals surface area contributed by atoms with Gasteiger partial charge in [-0.1, -0.05) is 20.8 Å². The number of aliphatic hydroxyl groups is 3. The number of carbonyl (C=O) groups is 3. The Morgan fingerprint density at radius 2 is 1.68 bits per heavy atom. The van der Waals surface area contributed by atoms with Crippen molar-refractivity contribution in [2.45, 2.75) is 64.3 Å². The molecular weight excluding hydrogens is 779 g/mol. The molecule has 11 N–H and O–H groups in total. The second kappa shape index (κ2) is 18.2. The molecule has 0 aromatic carbocycles. The lowest BCUT2D eigenvalue weighted by Crippen LogP contribution is -2.46. The van der Waals surface area contributed by atoms with Crippen molar-refractivity contribution >= 4 is 58.0 Å². The Bertz CT molecular complexity index is 1760. The number of carbonyl (C=O) groups excluding carboxylic acids is 3. The number of amides is 2. The van der Waals surface area contributed by atoms with Crippen molar-refractivity contribution in [3.63, 3.8) is 0 Å². The number of fused-ring (bicyclic) bond motifs is 1. The first kappa shape index (κ1) is 44.6. The average molecular weight is 822 g/mol. The molecule has 1 saturated heterocycles. The monoisotopic (exact) mass is 821 g/mol. The van der Waals surface area contributed by atoms with Gasteiger partial charge < -0.3 is 56.0 Å². The van der Waals surface area contributed by atoms with Crippen LogP contribution in [-0.4, -0.2) is 129 Å². The zero-order chi connectivity index (χ0) is 39.9. The number of phosphoric acid groups is 3. The fourth-order valence-electron chi connectivity index (χ4n) is 4.61. The molecule has 0 bridgehead atoms. The minimum absolute atomic E-state index is 0.00482. The Hall–Kier alpha value is -2.83. The molecule has 8 atom stereocenters. The number of aromatic nitrogens is 4. The first-order chi connectivity index (χ1) is 24.5. The summed E-state index contributed by atoms with van der Waals surface area (Å²) in [5.74, 6) is -2.39. The van der Waals surface area contributed by atoms with Gasteiger partial charge in [0, 0.05) is 37.3 Å². The SMILES string of the molecule is C[C@@H](CO)C(=O)CCNC(=O)CCNC(=O)C(O)C(C)(C)COP(=O)(O)OP(=O)(O)OCC1OC(n2cnc3c(N)ncnc32)C(O)C1OP(=O)(O)O. The first-order valence-electron chi connectivity index (χ1n) is 15.5. The predicted octanol–water partition coefficient (Wildman–Crippen LogP) is -2.01. The van der Waals surface area contributed by atoms with Gasteiger partial charge in [-0.25, -0.2) is 28.6 Å². The molecule has 28 heteroatoms. The second-order valence-corrected chi connectivity index (χ2v) is 16.6. The van der Waals surface area contributed by atoms with E-state index in [1.807, 2.05) is 0 Å². The third-order valence-electron chi connectivity index (χ3n) is 7.59. The van der Waals surface area contributed by atoms with E-state index in [1.165, 1.54) is 20.8 Å². The van der Waals surface area contributed by atoms with Crippen LogP contribution in [0.4, 0.5) is 5.82 Å². The third-order valence-corrected chi connectivity index (χ3v) is 10.7. The number of hydrogen-bond donors (Lipinski definition) is 10. The summed E-state index contributed by atoms with van der Waals surface area (Å²) in [6, 6.07) is 0. The zero-order valence-electron chi connectivity index (χ0n) is 28.4. The molecule has 1 aliphatic rings. The van der Waals surface area contributed by atoms with Gasteiger partial charge in [-0.05, 0) is 0 Å². The van der Waals surface area contributed by atoms with Gasteiger partial charge in [0.05, 0.1) is 26.1 Å². The van der Waals surface area contributed by atoms with Crippen LogP contribution in [0.1, 0.15) is 39.8 Å². The highest BCUT2D eigenvalue weighted by molar-refractivity contribution is 7.61. The maximum Gasteiger partial charge on any atom is 0.481 e. The minimum Gasteiger partial charge on any atom is -0.396 e. The Morgan fingerprint density at radius 3 is 2.32 bits per heavy atom. The number of hydrogen-bond acceptors (Lipinski definition) is 18. The summed E-state index contributed by atoms with van der Waals surface area (Å²) in [5.41, 5.74) is 4.22. The van der Waals surface area contributed by atoms with E-state index < -0.39 is 90.5 Å². The number of phosphoric ester groups is 3. The number of Topliss-reactive ketones (excluding diaryl/α,β-unsaturated/α-hetero) is 1. The van der Waals surface area contributed by atoms with Gasteiger partial charge in [0.2, 0.25) is 11.8 Å². The quantitative estimate of drug-likeness (QED) is 0.0608. The number of rotatable bonds is 21. The van der Waals surface area contributed by atoms with Crippen LogP contribution in [0.5, 0.6) is 0 Å². The summed E-state index contributed by atoms with van der Waals surface area (Å²) < 4.78 is 61.9. The molecule has 7 unspecified atom stereocenters. The van der Waals surface area contributed by atoms with E-state index in [0.29, 0.717) is 0 Å². The van der Waals surface area contributed by atoms with Crippen molar-refractivity contribution in [2.24, 2.45) is 11.3 Å².